The third-order valence-electron chi connectivity index (χ3n) is 12.4. The molecule has 11 nitrogen and oxygen atoms in total. The highest BCUT2D eigenvalue weighted by molar-refractivity contribution is 6.08. The highest BCUT2D eigenvalue weighted by Crippen LogP contribution is 2.61. The van der Waals surface area contributed by atoms with Gasteiger partial charge >= 0.3 is 0 Å². The number of fused-ring (bicyclic) bond motifs is 7. The Hall–Kier alpha value is -5.68. The van der Waals surface area contributed by atoms with Crippen LogP contribution >= 0.6 is 0 Å². The van der Waals surface area contributed by atoms with E-state index in [2.05, 4.69) is 63.9 Å². The van der Waals surface area contributed by atoms with Crippen molar-refractivity contribution in [2.45, 2.75) is 76.7 Å². The van der Waals surface area contributed by atoms with Gasteiger partial charge in [0.15, 0.2) is 29.2 Å². The first-order valence-electron chi connectivity index (χ1n) is 18.9. The minimum Gasteiger partial charge on any atom is -0.469 e. The molecular formula is C43H41N5O6. The molecule has 6 aromatic rings. The minimum absolute atomic E-state index is 0.114. The second kappa shape index (κ2) is 11.4. The molecule has 274 valence electrons. The second-order valence-corrected chi connectivity index (χ2v) is 15.6. The van der Waals surface area contributed by atoms with Gasteiger partial charge in [-0.25, -0.2) is 9.97 Å². The Labute approximate surface area is 311 Å². The number of nitrogens with zero attached hydrogens (tertiary/aromatic N) is 3. The average molecular weight is 724 g/mol. The summed E-state index contributed by atoms with van der Waals surface area (Å²) in [6, 6.07) is 18.0. The number of anilines is 1. The number of oxazole rings is 2. The third-order valence-corrected chi connectivity index (χ3v) is 12.4. The maximum absolute atomic E-state index is 14.3. The molecule has 4 aliphatic heterocycles. The van der Waals surface area contributed by atoms with Crippen LogP contribution in [0.15, 0.2) is 75.8 Å². The number of rotatable bonds is 6. The first-order valence-corrected chi connectivity index (χ1v) is 18.9. The van der Waals surface area contributed by atoms with E-state index in [1.54, 1.807) is 20.0 Å². The molecule has 11 heteroatoms. The summed E-state index contributed by atoms with van der Waals surface area (Å²) >= 11 is 0. The SMILES string of the molecule is CCC(O)(CC)C(=O)C[C@H]1Cc2ccc3c(c2)[C@]24c5cccc(c5NC2O3)-c2cccc3c2c(cn3C)-c2cnc(o2)-c2nc(oc24)[C@H](C(C)C)NC1=O. The summed E-state index contributed by atoms with van der Waals surface area (Å²) in [5.41, 5.74) is 5.47. The lowest BCUT2D eigenvalue weighted by molar-refractivity contribution is -0.141. The van der Waals surface area contributed by atoms with Crippen molar-refractivity contribution in [3.8, 4) is 39.8 Å². The van der Waals surface area contributed by atoms with Crippen molar-refractivity contribution in [2.75, 3.05) is 5.32 Å². The van der Waals surface area contributed by atoms with Crippen LogP contribution in [0.1, 0.15) is 81.3 Å². The normalized spacial score (nSPS) is 21.9. The fourth-order valence-electron chi connectivity index (χ4n) is 9.28. The number of benzene rings is 3. The molecule has 1 amide bonds. The number of ether oxygens (including phenoxy) is 1. The number of aromatic nitrogens is 3. The zero-order valence-electron chi connectivity index (χ0n) is 30.8. The number of aliphatic hydroxyl groups is 1. The molecule has 0 saturated heterocycles. The van der Waals surface area contributed by atoms with Crippen molar-refractivity contribution in [3.05, 3.63) is 95.3 Å². The lowest BCUT2D eigenvalue weighted by atomic mass is 9.72. The van der Waals surface area contributed by atoms with Gasteiger partial charge in [0.1, 0.15) is 22.8 Å². The molecular weight excluding hydrogens is 683 g/mol. The molecule has 3 N–H and O–H groups in total. The number of hydrogen-bond donors (Lipinski definition) is 3. The Morgan fingerprint density at radius 2 is 1.83 bits per heavy atom. The van der Waals surface area contributed by atoms with Gasteiger partial charge in [-0.1, -0.05) is 70.2 Å². The van der Waals surface area contributed by atoms with Crippen molar-refractivity contribution >= 4 is 28.3 Å². The maximum Gasteiger partial charge on any atom is 0.249 e. The Morgan fingerprint density at radius 1 is 1.04 bits per heavy atom. The van der Waals surface area contributed by atoms with Gasteiger partial charge in [0, 0.05) is 64.4 Å². The molecule has 1 unspecified atom stereocenters. The molecule has 7 heterocycles. The number of Topliss-reactive ketones (excluding diaryl/α,β-unsaturated/α-hetero) is 1. The van der Waals surface area contributed by atoms with E-state index in [0.29, 0.717) is 28.9 Å². The smallest absolute Gasteiger partial charge is 0.249 e. The molecule has 0 aliphatic carbocycles. The first-order chi connectivity index (χ1) is 26.0. The molecule has 10 bridgehead atoms. The first kappa shape index (κ1) is 32.9. The number of ketones is 1. The summed E-state index contributed by atoms with van der Waals surface area (Å²) in [5, 5.41) is 19.2. The third kappa shape index (κ3) is 4.32. The molecule has 0 radical (unpaired) electrons. The van der Waals surface area contributed by atoms with Crippen LogP contribution in [-0.2, 0) is 28.5 Å². The standard InChI is InChI=1S/C43H41N5O6/c1-6-42(51,7-2)32(49)18-23-16-22-14-15-30-28(17-22)43-27-12-8-11-25(35(27)47-41(43)53-30)24-10-9-13-29-33(24)26(20-48(29)5)31-19-44-39(52-31)36-37(43)54-40(46-36)34(21(3)4)45-38(23)50/h8-15,17,19-21,23,34,41,47,51H,6-7,16,18H2,1-5H3,(H,45,50)/t23-,34+,41?,43+/m1/s1. The van der Waals surface area contributed by atoms with Gasteiger partial charge < -0.3 is 33.9 Å². The second-order valence-electron chi connectivity index (χ2n) is 15.6. The van der Waals surface area contributed by atoms with Crippen LogP contribution in [0.25, 0.3) is 44.9 Å². The average Bonchev–Trinajstić information content (AvgIpc) is 3.99. The highest BCUT2D eigenvalue weighted by atomic mass is 16.5. The van der Waals surface area contributed by atoms with Gasteiger partial charge in [-0.3, -0.25) is 9.59 Å². The van der Waals surface area contributed by atoms with Gasteiger partial charge in [0.25, 0.3) is 0 Å². The van der Waals surface area contributed by atoms with Crippen LogP contribution in [0.3, 0.4) is 0 Å². The summed E-state index contributed by atoms with van der Waals surface area (Å²) in [6.07, 6.45) is 3.88. The van der Waals surface area contributed by atoms with Crippen LogP contribution in [0.4, 0.5) is 5.69 Å². The zero-order valence-corrected chi connectivity index (χ0v) is 30.8. The lowest BCUT2D eigenvalue weighted by Crippen LogP contribution is -2.43. The van der Waals surface area contributed by atoms with Crippen LogP contribution < -0.4 is 15.4 Å². The summed E-state index contributed by atoms with van der Waals surface area (Å²) in [5.74, 6) is 0.807. The van der Waals surface area contributed by atoms with E-state index in [1.165, 1.54) is 0 Å². The largest absolute Gasteiger partial charge is 0.469 e. The summed E-state index contributed by atoms with van der Waals surface area (Å²) in [7, 11) is 2.03. The molecule has 4 aliphatic rings. The minimum atomic E-state index is -1.50. The maximum atomic E-state index is 14.3. The molecule has 54 heavy (non-hydrogen) atoms. The monoisotopic (exact) mass is 723 g/mol. The van der Waals surface area contributed by atoms with E-state index >= 15 is 0 Å². The van der Waals surface area contributed by atoms with Crippen molar-refractivity contribution in [2.24, 2.45) is 18.9 Å². The number of hydrogen-bond acceptors (Lipinski definition) is 9. The Morgan fingerprint density at radius 3 is 2.63 bits per heavy atom. The number of nitrogens with one attached hydrogen (secondary N) is 2. The molecule has 1 spiro atoms. The summed E-state index contributed by atoms with van der Waals surface area (Å²) in [4.78, 5) is 38.0. The van der Waals surface area contributed by atoms with Gasteiger partial charge in [-0.15, -0.1) is 0 Å². The Bertz CT molecular complexity index is 2560. The zero-order chi connectivity index (χ0) is 37.3. The summed E-state index contributed by atoms with van der Waals surface area (Å²) < 4.78 is 22.7. The Kier molecular flexibility index (Phi) is 6.96. The van der Waals surface area contributed by atoms with Gasteiger partial charge in [0.2, 0.25) is 17.7 Å². The molecule has 4 atom stereocenters. The van der Waals surface area contributed by atoms with E-state index in [0.717, 1.165) is 50.0 Å². The van der Waals surface area contributed by atoms with Crippen molar-refractivity contribution < 1.29 is 28.3 Å². The highest BCUT2D eigenvalue weighted by Gasteiger charge is 2.61. The van der Waals surface area contributed by atoms with Crippen LogP contribution in [0.2, 0.25) is 0 Å². The van der Waals surface area contributed by atoms with Crippen LogP contribution in [0, 0.1) is 11.8 Å². The molecule has 0 fully saturated rings. The molecule has 3 aromatic heterocycles. The lowest BCUT2D eigenvalue weighted by Gasteiger charge is -2.29. The molecule has 10 rings (SSSR count). The topological polar surface area (TPSA) is 145 Å². The predicted molar refractivity (Wildman–Crippen MR) is 202 cm³/mol. The quantitative estimate of drug-likeness (QED) is 0.160. The van der Waals surface area contributed by atoms with Gasteiger partial charge in [-0.2, -0.15) is 0 Å². The van der Waals surface area contributed by atoms with Crippen LogP contribution in [0.5, 0.6) is 5.75 Å². The van der Waals surface area contributed by atoms with E-state index in [-0.39, 0.29) is 49.2 Å². The van der Waals surface area contributed by atoms with Crippen molar-refractivity contribution in [3.63, 3.8) is 0 Å². The number of aryl methyl sites for hydroxylation is 1. The Balaban J connectivity index is 1.27. The fourth-order valence-corrected chi connectivity index (χ4v) is 9.28. The van der Waals surface area contributed by atoms with Crippen LogP contribution in [-0.4, -0.2) is 43.2 Å². The van der Waals surface area contributed by atoms with Gasteiger partial charge in [0.05, 0.1) is 6.20 Å². The van der Waals surface area contributed by atoms with Crippen molar-refractivity contribution in [1.29, 1.82) is 0 Å². The van der Waals surface area contributed by atoms with E-state index in [9.17, 15) is 14.7 Å². The van der Waals surface area contributed by atoms with E-state index in [4.69, 9.17) is 23.5 Å². The van der Waals surface area contributed by atoms with E-state index in [1.807, 2.05) is 33.0 Å². The molecule has 0 saturated carbocycles. The van der Waals surface area contributed by atoms with Crippen molar-refractivity contribution in [1.82, 2.24) is 19.9 Å². The fraction of sp³-hybridized carbons (Fsp3) is 0.349. The number of amides is 1. The van der Waals surface area contributed by atoms with E-state index < -0.39 is 29.2 Å². The summed E-state index contributed by atoms with van der Waals surface area (Å²) in [6.45, 7) is 7.58. The molecule has 3 aromatic carbocycles. The number of carbonyl (C=O) groups is 2. The van der Waals surface area contributed by atoms with Gasteiger partial charge in [-0.05, 0) is 48.4 Å². The number of para-hydroxylation sites is 1. The predicted octanol–water partition coefficient (Wildman–Crippen LogP) is 7.44. The number of carbonyl (C=O) groups excluding carboxylic acids is 2.